The SMILES string of the molecule is CCCC(C)(CNCCOC)CC1CCOCC1. The number of hydrogen-bond donors (Lipinski definition) is 1. The molecule has 3 heteroatoms. The normalized spacial score (nSPS) is 20.8. The Bertz CT molecular complexity index is 205. The molecule has 1 rings (SSSR count). The quantitative estimate of drug-likeness (QED) is 0.644. The van der Waals surface area contributed by atoms with E-state index in [1.165, 1.54) is 32.1 Å². The highest BCUT2D eigenvalue weighted by atomic mass is 16.5. The molecule has 3 nitrogen and oxygen atoms in total. The van der Waals surface area contributed by atoms with E-state index in [0.717, 1.165) is 38.8 Å². The van der Waals surface area contributed by atoms with Crippen LogP contribution in [0.3, 0.4) is 0 Å². The standard InChI is InChI=1S/C15H31NO2/c1-4-7-15(2,13-16-8-11-17-3)12-14-5-9-18-10-6-14/h14,16H,4-13H2,1-3H3. The fourth-order valence-electron chi connectivity index (χ4n) is 3.08. The summed E-state index contributed by atoms with van der Waals surface area (Å²) in [4.78, 5) is 0. The van der Waals surface area contributed by atoms with Crippen molar-refractivity contribution in [2.75, 3.05) is 40.0 Å². The molecule has 0 bridgehead atoms. The molecule has 0 aliphatic carbocycles. The molecule has 1 fully saturated rings. The van der Waals surface area contributed by atoms with Crippen LogP contribution < -0.4 is 5.32 Å². The molecule has 1 heterocycles. The average Bonchev–Trinajstić information content (AvgIpc) is 2.36. The molecule has 0 saturated carbocycles. The first-order valence-corrected chi connectivity index (χ1v) is 7.47. The summed E-state index contributed by atoms with van der Waals surface area (Å²) in [7, 11) is 1.76. The number of methoxy groups -OCH3 is 1. The van der Waals surface area contributed by atoms with Gasteiger partial charge in [-0.15, -0.1) is 0 Å². The highest BCUT2D eigenvalue weighted by Gasteiger charge is 2.28. The summed E-state index contributed by atoms with van der Waals surface area (Å²) < 4.78 is 10.5. The zero-order chi connectivity index (χ0) is 13.3. The van der Waals surface area contributed by atoms with Crippen LogP contribution in [-0.4, -0.2) is 40.0 Å². The average molecular weight is 257 g/mol. The Labute approximate surface area is 113 Å². The molecule has 1 aliphatic heterocycles. The lowest BCUT2D eigenvalue weighted by atomic mass is 9.75. The molecule has 1 atom stereocenters. The van der Waals surface area contributed by atoms with Crippen LogP contribution in [-0.2, 0) is 9.47 Å². The van der Waals surface area contributed by atoms with Crippen molar-refractivity contribution >= 4 is 0 Å². The molecule has 0 amide bonds. The highest BCUT2D eigenvalue weighted by Crippen LogP contribution is 2.34. The summed E-state index contributed by atoms with van der Waals surface area (Å²) in [6, 6.07) is 0. The molecule has 1 unspecified atom stereocenters. The predicted molar refractivity (Wildman–Crippen MR) is 75.9 cm³/mol. The van der Waals surface area contributed by atoms with Gasteiger partial charge in [0.2, 0.25) is 0 Å². The predicted octanol–water partition coefficient (Wildman–Crippen LogP) is 2.85. The summed E-state index contributed by atoms with van der Waals surface area (Å²) in [5.41, 5.74) is 0.435. The molecule has 0 aromatic carbocycles. The van der Waals surface area contributed by atoms with Crippen LogP contribution in [0, 0.1) is 11.3 Å². The maximum atomic E-state index is 5.46. The lowest BCUT2D eigenvalue weighted by Gasteiger charge is -2.35. The summed E-state index contributed by atoms with van der Waals surface area (Å²) in [5, 5.41) is 3.55. The molecular formula is C15H31NO2. The number of hydrogen-bond acceptors (Lipinski definition) is 3. The van der Waals surface area contributed by atoms with E-state index >= 15 is 0 Å². The third-order valence-electron chi connectivity index (χ3n) is 4.01. The van der Waals surface area contributed by atoms with E-state index in [1.807, 2.05) is 0 Å². The Morgan fingerprint density at radius 3 is 2.67 bits per heavy atom. The van der Waals surface area contributed by atoms with Crippen molar-refractivity contribution in [3.63, 3.8) is 0 Å². The Hall–Kier alpha value is -0.120. The van der Waals surface area contributed by atoms with Crippen molar-refractivity contribution in [2.24, 2.45) is 11.3 Å². The second-order valence-corrected chi connectivity index (χ2v) is 5.99. The molecule has 0 radical (unpaired) electrons. The lowest BCUT2D eigenvalue weighted by molar-refractivity contribution is 0.0470. The number of rotatable bonds is 9. The Balaban J connectivity index is 2.34. The van der Waals surface area contributed by atoms with Crippen molar-refractivity contribution in [1.82, 2.24) is 5.32 Å². The van der Waals surface area contributed by atoms with Gasteiger partial charge in [0.15, 0.2) is 0 Å². The largest absolute Gasteiger partial charge is 0.383 e. The molecule has 0 spiro atoms. The van der Waals surface area contributed by atoms with E-state index < -0.39 is 0 Å². The van der Waals surface area contributed by atoms with Crippen molar-refractivity contribution in [2.45, 2.75) is 46.0 Å². The van der Waals surface area contributed by atoms with Gasteiger partial charge in [-0.2, -0.15) is 0 Å². The highest BCUT2D eigenvalue weighted by molar-refractivity contribution is 4.81. The minimum atomic E-state index is 0.435. The van der Waals surface area contributed by atoms with E-state index in [-0.39, 0.29) is 0 Å². The van der Waals surface area contributed by atoms with Crippen LogP contribution >= 0.6 is 0 Å². The van der Waals surface area contributed by atoms with Gasteiger partial charge in [0.25, 0.3) is 0 Å². The monoisotopic (exact) mass is 257 g/mol. The third kappa shape index (κ3) is 6.17. The molecule has 1 saturated heterocycles. The smallest absolute Gasteiger partial charge is 0.0587 e. The van der Waals surface area contributed by atoms with Gasteiger partial charge < -0.3 is 14.8 Å². The molecule has 0 aromatic heterocycles. The Morgan fingerprint density at radius 1 is 1.33 bits per heavy atom. The molecule has 0 aromatic rings. The molecule has 18 heavy (non-hydrogen) atoms. The van der Waals surface area contributed by atoms with Crippen LogP contribution in [0.15, 0.2) is 0 Å². The third-order valence-corrected chi connectivity index (χ3v) is 4.01. The fraction of sp³-hybridized carbons (Fsp3) is 1.00. The fourth-order valence-corrected chi connectivity index (χ4v) is 3.08. The van der Waals surface area contributed by atoms with E-state index in [1.54, 1.807) is 7.11 Å². The first-order chi connectivity index (χ1) is 8.70. The first kappa shape index (κ1) is 15.9. The van der Waals surface area contributed by atoms with Crippen molar-refractivity contribution < 1.29 is 9.47 Å². The summed E-state index contributed by atoms with van der Waals surface area (Å²) in [5.74, 6) is 0.861. The van der Waals surface area contributed by atoms with Gasteiger partial charge in [-0.05, 0) is 37.0 Å². The zero-order valence-electron chi connectivity index (χ0n) is 12.5. The second kappa shape index (κ2) is 8.89. The van der Waals surface area contributed by atoms with Crippen LogP contribution in [0.1, 0.15) is 46.0 Å². The molecule has 1 aliphatic rings. The van der Waals surface area contributed by atoms with Crippen molar-refractivity contribution in [3.8, 4) is 0 Å². The molecular weight excluding hydrogens is 226 g/mol. The molecule has 108 valence electrons. The van der Waals surface area contributed by atoms with Gasteiger partial charge >= 0.3 is 0 Å². The van der Waals surface area contributed by atoms with Gasteiger partial charge in [0, 0.05) is 33.4 Å². The second-order valence-electron chi connectivity index (χ2n) is 5.99. The van der Waals surface area contributed by atoms with Gasteiger partial charge in [-0.1, -0.05) is 20.3 Å². The summed E-state index contributed by atoms with van der Waals surface area (Å²) in [6.07, 6.45) is 6.41. The maximum Gasteiger partial charge on any atom is 0.0587 e. The van der Waals surface area contributed by atoms with E-state index in [0.29, 0.717) is 5.41 Å². The minimum Gasteiger partial charge on any atom is -0.383 e. The van der Waals surface area contributed by atoms with Crippen LogP contribution in [0.4, 0.5) is 0 Å². The van der Waals surface area contributed by atoms with E-state index in [2.05, 4.69) is 19.2 Å². The Kier molecular flexibility index (Phi) is 7.87. The summed E-state index contributed by atoms with van der Waals surface area (Å²) in [6.45, 7) is 9.53. The van der Waals surface area contributed by atoms with Gasteiger partial charge in [-0.25, -0.2) is 0 Å². The minimum absolute atomic E-state index is 0.435. The van der Waals surface area contributed by atoms with Crippen molar-refractivity contribution in [1.29, 1.82) is 0 Å². The summed E-state index contributed by atoms with van der Waals surface area (Å²) >= 11 is 0. The van der Waals surface area contributed by atoms with Crippen LogP contribution in [0.5, 0.6) is 0 Å². The van der Waals surface area contributed by atoms with E-state index in [9.17, 15) is 0 Å². The maximum absolute atomic E-state index is 5.46. The van der Waals surface area contributed by atoms with Crippen LogP contribution in [0.25, 0.3) is 0 Å². The van der Waals surface area contributed by atoms with Gasteiger partial charge in [0.1, 0.15) is 0 Å². The Morgan fingerprint density at radius 2 is 2.06 bits per heavy atom. The topological polar surface area (TPSA) is 30.5 Å². The van der Waals surface area contributed by atoms with Crippen molar-refractivity contribution in [3.05, 3.63) is 0 Å². The lowest BCUT2D eigenvalue weighted by Crippen LogP contribution is -2.36. The van der Waals surface area contributed by atoms with Crippen LogP contribution in [0.2, 0.25) is 0 Å². The molecule has 1 N–H and O–H groups in total. The van der Waals surface area contributed by atoms with Gasteiger partial charge in [0.05, 0.1) is 6.61 Å². The zero-order valence-corrected chi connectivity index (χ0v) is 12.5. The first-order valence-electron chi connectivity index (χ1n) is 7.47. The number of nitrogens with one attached hydrogen (secondary N) is 1. The van der Waals surface area contributed by atoms with E-state index in [4.69, 9.17) is 9.47 Å². The number of ether oxygens (including phenoxy) is 2. The van der Waals surface area contributed by atoms with Gasteiger partial charge in [-0.3, -0.25) is 0 Å².